The Morgan fingerprint density at radius 1 is 1.46 bits per heavy atom. The molecule has 2 N–H and O–H groups in total. The molecule has 74 valence electrons. The molecule has 3 heteroatoms. The van der Waals surface area contributed by atoms with Crippen LogP contribution < -0.4 is 5.32 Å². The lowest BCUT2D eigenvalue weighted by atomic mass is 9.83. The van der Waals surface area contributed by atoms with Crippen molar-refractivity contribution in [3.63, 3.8) is 0 Å². The van der Waals surface area contributed by atoms with Crippen LogP contribution in [0.1, 0.15) is 34.1 Å². The van der Waals surface area contributed by atoms with Gasteiger partial charge in [-0.15, -0.1) is 0 Å². The summed E-state index contributed by atoms with van der Waals surface area (Å²) in [6.07, 6.45) is 2.05. The molecule has 1 aliphatic heterocycles. The number of carbonyl (C=O) groups excluding carboxylic acids is 1. The average Bonchev–Trinajstić information content (AvgIpc) is 2.01. The van der Waals surface area contributed by atoms with Crippen molar-refractivity contribution in [1.82, 2.24) is 5.32 Å². The number of hydrogen-bond donors (Lipinski definition) is 2. The Bertz CT molecular complexity index is 268. The van der Waals surface area contributed by atoms with E-state index in [4.69, 9.17) is 0 Å². The first-order chi connectivity index (χ1) is 5.82. The molecule has 3 nitrogen and oxygen atoms in total. The van der Waals surface area contributed by atoms with Crippen LogP contribution in [0.25, 0.3) is 0 Å². The van der Waals surface area contributed by atoms with Gasteiger partial charge < -0.3 is 5.11 Å². The van der Waals surface area contributed by atoms with Crippen LogP contribution in [-0.4, -0.2) is 22.0 Å². The lowest BCUT2D eigenvalue weighted by Gasteiger charge is -2.40. The van der Waals surface area contributed by atoms with Crippen molar-refractivity contribution in [3.8, 4) is 0 Å². The minimum Gasteiger partial charge on any atom is -0.510 e. The fourth-order valence-electron chi connectivity index (χ4n) is 1.54. The molecule has 0 saturated carbocycles. The summed E-state index contributed by atoms with van der Waals surface area (Å²) in [5, 5.41) is 12.7. The number of nitrogens with one attached hydrogen (secondary N) is 1. The first kappa shape index (κ1) is 10.3. The molecule has 0 saturated heterocycles. The fraction of sp³-hybridized carbons (Fsp3) is 0.700. The SMILES string of the molecule is CCC1(C)NC(C)(C)C(O)=CC1=O. The predicted octanol–water partition coefficient (Wildman–Crippen LogP) is 1.55. The quantitative estimate of drug-likeness (QED) is 0.648. The maximum atomic E-state index is 11.5. The van der Waals surface area contributed by atoms with E-state index in [-0.39, 0.29) is 11.5 Å². The fourth-order valence-corrected chi connectivity index (χ4v) is 1.54. The molecule has 0 fully saturated rings. The van der Waals surface area contributed by atoms with Gasteiger partial charge in [0.25, 0.3) is 0 Å². The molecular formula is C10H17NO2. The molecule has 1 heterocycles. The second kappa shape index (κ2) is 2.84. The Balaban J connectivity index is 3.08. The highest BCUT2D eigenvalue weighted by Crippen LogP contribution is 2.26. The average molecular weight is 183 g/mol. The van der Waals surface area contributed by atoms with Crippen LogP contribution in [0.2, 0.25) is 0 Å². The molecule has 1 aliphatic rings. The molecule has 1 atom stereocenters. The summed E-state index contributed by atoms with van der Waals surface area (Å²) in [5.41, 5.74) is -1.03. The molecule has 1 rings (SSSR count). The molecule has 0 amide bonds. The summed E-state index contributed by atoms with van der Waals surface area (Å²) < 4.78 is 0. The van der Waals surface area contributed by atoms with Gasteiger partial charge in [0, 0.05) is 6.08 Å². The summed E-state index contributed by atoms with van der Waals surface area (Å²) in [4.78, 5) is 11.5. The van der Waals surface area contributed by atoms with Gasteiger partial charge in [-0.25, -0.2) is 0 Å². The van der Waals surface area contributed by atoms with E-state index in [0.29, 0.717) is 0 Å². The second-order valence-corrected chi connectivity index (χ2v) is 4.33. The van der Waals surface area contributed by atoms with Crippen LogP contribution in [0.15, 0.2) is 11.8 Å². The smallest absolute Gasteiger partial charge is 0.178 e. The van der Waals surface area contributed by atoms with Crippen molar-refractivity contribution in [2.45, 2.75) is 45.2 Å². The van der Waals surface area contributed by atoms with E-state index in [9.17, 15) is 9.90 Å². The van der Waals surface area contributed by atoms with Crippen molar-refractivity contribution >= 4 is 5.78 Å². The van der Waals surface area contributed by atoms with Crippen molar-refractivity contribution in [3.05, 3.63) is 11.8 Å². The summed E-state index contributed by atoms with van der Waals surface area (Å²) in [6.45, 7) is 7.54. The zero-order valence-electron chi connectivity index (χ0n) is 8.64. The third-order valence-electron chi connectivity index (χ3n) is 2.75. The van der Waals surface area contributed by atoms with Gasteiger partial charge in [-0.3, -0.25) is 10.1 Å². The van der Waals surface area contributed by atoms with Crippen molar-refractivity contribution < 1.29 is 9.90 Å². The maximum Gasteiger partial charge on any atom is 0.178 e. The van der Waals surface area contributed by atoms with Gasteiger partial charge >= 0.3 is 0 Å². The first-order valence-electron chi connectivity index (χ1n) is 4.57. The highest BCUT2D eigenvalue weighted by atomic mass is 16.3. The highest BCUT2D eigenvalue weighted by Gasteiger charge is 2.41. The van der Waals surface area contributed by atoms with Gasteiger partial charge in [-0.2, -0.15) is 0 Å². The molecule has 0 radical (unpaired) electrons. The number of aliphatic hydroxyl groups excluding tert-OH is 1. The topological polar surface area (TPSA) is 49.3 Å². The van der Waals surface area contributed by atoms with Gasteiger partial charge in [0.1, 0.15) is 5.76 Å². The molecule has 13 heavy (non-hydrogen) atoms. The number of carbonyl (C=O) groups is 1. The van der Waals surface area contributed by atoms with Crippen LogP contribution >= 0.6 is 0 Å². The number of rotatable bonds is 1. The van der Waals surface area contributed by atoms with Gasteiger partial charge in [-0.05, 0) is 27.2 Å². The third kappa shape index (κ3) is 1.61. The van der Waals surface area contributed by atoms with E-state index >= 15 is 0 Å². The monoisotopic (exact) mass is 183 g/mol. The standard InChI is InChI=1S/C10H17NO2/c1-5-10(4)8(13)6-7(12)9(2,3)11-10/h6,11-12H,5H2,1-4H3. The van der Waals surface area contributed by atoms with Crippen molar-refractivity contribution in [1.29, 1.82) is 0 Å². The number of ketones is 1. The molecule has 0 aromatic rings. The molecule has 0 spiro atoms. The number of hydrogen-bond acceptors (Lipinski definition) is 3. The van der Waals surface area contributed by atoms with Gasteiger partial charge in [0.15, 0.2) is 5.78 Å². The van der Waals surface area contributed by atoms with Gasteiger partial charge in [0.2, 0.25) is 0 Å². The van der Waals surface area contributed by atoms with E-state index < -0.39 is 11.1 Å². The predicted molar refractivity (Wildman–Crippen MR) is 51.6 cm³/mol. The molecule has 1 unspecified atom stereocenters. The van der Waals surface area contributed by atoms with Crippen LogP contribution in [0.4, 0.5) is 0 Å². The van der Waals surface area contributed by atoms with Gasteiger partial charge in [-0.1, -0.05) is 6.92 Å². The Kier molecular flexibility index (Phi) is 2.24. The van der Waals surface area contributed by atoms with E-state index in [1.54, 1.807) is 0 Å². The van der Waals surface area contributed by atoms with Gasteiger partial charge in [0.05, 0.1) is 11.1 Å². The Hall–Kier alpha value is -0.830. The van der Waals surface area contributed by atoms with Crippen LogP contribution in [0.5, 0.6) is 0 Å². The Morgan fingerprint density at radius 3 is 2.46 bits per heavy atom. The van der Waals surface area contributed by atoms with E-state index in [1.165, 1.54) is 6.08 Å². The zero-order chi connectivity index (χ0) is 10.3. The first-order valence-corrected chi connectivity index (χ1v) is 4.57. The summed E-state index contributed by atoms with van der Waals surface area (Å²) >= 11 is 0. The van der Waals surface area contributed by atoms with Crippen LogP contribution in [-0.2, 0) is 4.79 Å². The van der Waals surface area contributed by atoms with E-state index in [2.05, 4.69) is 5.32 Å². The summed E-state index contributed by atoms with van der Waals surface area (Å²) in [5.74, 6) is 0.0650. The third-order valence-corrected chi connectivity index (χ3v) is 2.75. The minimum absolute atomic E-state index is 0.0492. The zero-order valence-corrected chi connectivity index (χ0v) is 8.64. The van der Waals surface area contributed by atoms with E-state index in [1.807, 2.05) is 27.7 Å². The molecular weight excluding hydrogens is 166 g/mol. The maximum absolute atomic E-state index is 11.5. The summed E-state index contributed by atoms with van der Waals surface area (Å²) in [6, 6.07) is 0. The van der Waals surface area contributed by atoms with Crippen molar-refractivity contribution in [2.75, 3.05) is 0 Å². The molecule has 0 bridgehead atoms. The van der Waals surface area contributed by atoms with E-state index in [0.717, 1.165) is 6.42 Å². The lowest BCUT2D eigenvalue weighted by Crippen LogP contribution is -2.61. The van der Waals surface area contributed by atoms with Crippen LogP contribution in [0.3, 0.4) is 0 Å². The van der Waals surface area contributed by atoms with Crippen LogP contribution in [0, 0.1) is 0 Å². The molecule has 0 aromatic carbocycles. The minimum atomic E-state index is -0.532. The van der Waals surface area contributed by atoms with Crippen molar-refractivity contribution in [2.24, 2.45) is 0 Å². The summed E-state index contributed by atoms with van der Waals surface area (Å²) in [7, 11) is 0. The largest absolute Gasteiger partial charge is 0.510 e. The second-order valence-electron chi connectivity index (χ2n) is 4.33. The number of aliphatic hydroxyl groups is 1. The molecule has 0 aliphatic carbocycles. The normalized spacial score (nSPS) is 32.9. The highest BCUT2D eigenvalue weighted by molar-refractivity contribution is 5.99. The molecule has 0 aromatic heterocycles. The Labute approximate surface area is 78.8 Å². The Morgan fingerprint density at radius 2 is 2.00 bits per heavy atom. The lowest BCUT2D eigenvalue weighted by molar-refractivity contribution is -0.122.